The molecular weight excluding hydrogens is 450 g/mol. The lowest BCUT2D eigenvalue weighted by atomic mass is 9.50. The van der Waals surface area contributed by atoms with E-state index < -0.39 is 5.97 Å². The van der Waals surface area contributed by atoms with E-state index in [0.717, 1.165) is 47.7 Å². The van der Waals surface area contributed by atoms with Crippen molar-refractivity contribution in [3.8, 4) is 11.8 Å². The van der Waals surface area contributed by atoms with Crippen LogP contribution in [-0.2, 0) is 4.79 Å². The van der Waals surface area contributed by atoms with Crippen LogP contribution in [0.1, 0.15) is 91.4 Å². The molecule has 0 saturated heterocycles. The second-order valence-electron chi connectivity index (χ2n) is 11.0. The minimum atomic E-state index is -0.699. The number of hydrogen-bond acceptors (Lipinski definition) is 3. The summed E-state index contributed by atoms with van der Waals surface area (Å²) in [5, 5.41) is 18.0. The molecule has 0 unspecified atom stereocenters. The number of carboxylic acid groups (broad SMARTS) is 1. The maximum absolute atomic E-state index is 13.5. The molecule has 2 N–H and O–H groups in total. The van der Waals surface area contributed by atoms with Gasteiger partial charge in [0.05, 0.1) is 29.2 Å². The first-order chi connectivity index (χ1) is 17.4. The lowest BCUT2D eigenvalue weighted by Gasteiger charge is -2.56. The summed E-state index contributed by atoms with van der Waals surface area (Å²) in [5.41, 5.74) is 4.93. The van der Waals surface area contributed by atoms with Crippen LogP contribution in [0.3, 0.4) is 0 Å². The fraction of sp³-hybridized carbons (Fsp3) is 0.433. The van der Waals surface area contributed by atoms with E-state index in [4.69, 9.17) is 5.10 Å². The molecule has 1 atom stereocenters. The summed E-state index contributed by atoms with van der Waals surface area (Å²) in [6, 6.07) is 12.6. The average Bonchev–Trinajstić information content (AvgIpc) is 3.57. The maximum atomic E-state index is 13.5. The zero-order chi connectivity index (χ0) is 25.0. The van der Waals surface area contributed by atoms with Gasteiger partial charge in [0, 0.05) is 17.0 Å². The number of aromatic nitrogens is 2. The van der Waals surface area contributed by atoms with Crippen molar-refractivity contribution in [2.75, 3.05) is 0 Å². The van der Waals surface area contributed by atoms with Crippen molar-refractivity contribution in [1.29, 1.82) is 0 Å². The summed E-state index contributed by atoms with van der Waals surface area (Å²) in [5.74, 6) is 5.81. The van der Waals surface area contributed by atoms with Gasteiger partial charge in [-0.1, -0.05) is 30.2 Å². The van der Waals surface area contributed by atoms with Gasteiger partial charge < -0.3 is 10.4 Å². The van der Waals surface area contributed by atoms with Crippen molar-refractivity contribution < 1.29 is 14.7 Å². The van der Waals surface area contributed by atoms with Crippen molar-refractivity contribution in [3.63, 3.8) is 0 Å². The van der Waals surface area contributed by atoms with Crippen LogP contribution in [-0.4, -0.2) is 32.8 Å². The molecule has 6 heteroatoms. The molecule has 6 rings (SSSR count). The fourth-order valence-electron chi connectivity index (χ4n) is 6.33. The first-order valence-corrected chi connectivity index (χ1v) is 12.9. The Balaban J connectivity index is 1.27. The van der Waals surface area contributed by atoms with Crippen LogP contribution in [0.5, 0.6) is 0 Å². The molecule has 3 saturated carbocycles. The number of rotatable bonds is 6. The van der Waals surface area contributed by atoms with Gasteiger partial charge in [-0.25, -0.2) is 0 Å². The molecule has 1 amide bonds. The Hall–Kier alpha value is -3.59. The molecule has 3 aliphatic carbocycles. The quantitative estimate of drug-likeness (QED) is 0.470. The van der Waals surface area contributed by atoms with Crippen LogP contribution in [0.4, 0.5) is 0 Å². The Morgan fingerprint density at radius 1 is 1.11 bits per heavy atom. The average molecular weight is 482 g/mol. The van der Waals surface area contributed by atoms with Crippen LogP contribution < -0.4 is 5.32 Å². The largest absolute Gasteiger partial charge is 0.481 e. The predicted molar refractivity (Wildman–Crippen MR) is 138 cm³/mol. The molecule has 184 valence electrons. The highest BCUT2D eigenvalue weighted by atomic mass is 16.4. The number of hydrogen-bond donors (Lipinski definition) is 2. The Morgan fingerprint density at radius 2 is 1.83 bits per heavy atom. The van der Waals surface area contributed by atoms with Gasteiger partial charge in [-0.15, -0.1) is 5.92 Å². The second-order valence-corrected chi connectivity index (χ2v) is 11.0. The van der Waals surface area contributed by atoms with Crippen molar-refractivity contribution >= 4 is 22.8 Å². The number of nitrogens with zero attached hydrogens (tertiary/aromatic N) is 2. The van der Waals surface area contributed by atoms with E-state index >= 15 is 0 Å². The normalized spacial score (nSPS) is 25.4. The van der Waals surface area contributed by atoms with Gasteiger partial charge in [0.2, 0.25) is 0 Å². The third kappa shape index (κ3) is 3.87. The number of nitrogens with one attached hydrogen (secondary N) is 1. The predicted octanol–water partition coefficient (Wildman–Crippen LogP) is 5.27. The summed E-state index contributed by atoms with van der Waals surface area (Å²) < 4.78 is 1.95. The number of carboxylic acids is 1. The molecule has 3 aromatic rings. The molecule has 1 spiro atoms. The molecule has 36 heavy (non-hydrogen) atoms. The van der Waals surface area contributed by atoms with Gasteiger partial charge >= 0.3 is 5.97 Å². The van der Waals surface area contributed by atoms with Gasteiger partial charge in [0.15, 0.2) is 0 Å². The van der Waals surface area contributed by atoms with Crippen LogP contribution in [0.2, 0.25) is 0 Å². The van der Waals surface area contributed by atoms with Crippen LogP contribution in [0.25, 0.3) is 10.9 Å². The minimum absolute atomic E-state index is 0.0398. The van der Waals surface area contributed by atoms with Gasteiger partial charge in [-0.05, 0) is 87.0 Å². The smallest absolute Gasteiger partial charge is 0.306 e. The summed E-state index contributed by atoms with van der Waals surface area (Å²) in [4.78, 5) is 24.7. The van der Waals surface area contributed by atoms with Crippen LogP contribution >= 0.6 is 0 Å². The van der Waals surface area contributed by atoms with E-state index in [2.05, 4.69) is 48.3 Å². The van der Waals surface area contributed by atoms with E-state index in [0.29, 0.717) is 11.5 Å². The molecule has 0 bridgehead atoms. The Bertz CT molecular complexity index is 1410. The van der Waals surface area contributed by atoms with Crippen LogP contribution in [0.15, 0.2) is 42.6 Å². The van der Waals surface area contributed by atoms with E-state index in [1.165, 1.54) is 18.4 Å². The van der Waals surface area contributed by atoms with Gasteiger partial charge in [0.1, 0.15) is 0 Å². The first kappa shape index (κ1) is 22.8. The molecule has 6 nitrogen and oxygen atoms in total. The lowest BCUT2D eigenvalue weighted by molar-refractivity contribution is -0.155. The SMILES string of the molecule is CC#Cc1ccc(C(=O)NC2CC3(C2)CC(C(=O)O)C3)c2c1cnn2[C@@H](C)c1ccc(C2CC2)cc1. The Kier molecular flexibility index (Phi) is 5.40. The number of carbonyl (C=O) groups excluding carboxylic acids is 1. The Labute approximate surface area is 211 Å². The van der Waals surface area contributed by atoms with E-state index in [1.54, 1.807) is 0 Å². The number of carbonyl (C=O) groups is 2. The van der Waals surface area contributed by atoms with Gasteiger partial charge in [-0.2, -0.15) is 5.10 Å². The molecule has 2 aromatic carbocycles. The maximum Gasteiger partial charge on any atom is 0.306 e. The van der Waals surface area contributed by atoms with Crippen molar-refractivity contribution in [3.05, 3.63) is 64.8 Å². The molecule has 3 fully saturated rings. The summed E-state index contributed by atoms with van der Waals surface area (Å²) >= 11 is 0. The highest BCUT2D eigenvalue weighted by molar-refractivity contribution is 6.07. The molecule has 0 radical (unpaired) electrons. The molecule has 0 aliphatic heterocycles. The zero-order valence-electron chi connectivity index (χ0n) is 20.8. The van der Waals surface area contributed by atoms with Gasteiger partial charge in [0.25, 0.3) is 5.91 Å². The molecule has 3 aliphatic rings. The standard InChI is InChI=1S/C30H31N3O3/c1-3-4-22-11-12-25(28(34)32-24-15-30(16-24)13-23(14-30)29(35)36)27-26(22)17-31-33(27)18(2)19-5-7-20(8-6-19)21-9-10-21/h5-8,11-12,17-18,21,23-24H,9-10,13-16H2,1-2H3,(H,32,34)(H,35,36)/t18-,23?,24?,30?/m0/s1. The third-order valence-electron chi connectivity index (χ3n) is 8.50. The Morgan fingerprint density at radius 3 is 2.47 bits per heavy atom. The zero-order valence-corrected chi connectivity index (χ0v) is 20.8. The topological polar surface area (TPSA) is 84.2 Å². The minimum Gasteiger partial charge on any atom is -0.481 e. The van der Waals surface area contributed by atoms with Crippen molar-refractivity contribution in [2.24, 2.45) is 11.3 Å². The monoisotopic (exact) mass is 481 g/mol. The van der Waals surface area contributed by atoms with Crippen LogP contribution in [0, 0.1) is 23.2 Å². The lowest BCUT2D eigenvalue weighted by Crippen LogP contribution is -2.57. The highest BCUT2D eigenvalue weighted by Crippen LogP contribution is 2.58. The fourth-order valence-corrected chi connectivity index (χ4v) is 6.33. The third-order valence-corrected chi connectivity index (χ3v) is 8.50. The van der Waals surface area contributed by atoms with Crippen molar-refractivity contribution in [1.82, 2.24) is 15.1 Å². The molecule has 1 aromatic heterocycles. The number of aliphatic carboxylic acids is 1. The van der Waals surface area contributed by atoms with E-state index in [1.807, 2.05) is 29.9 Å². The molecule has 1 heterocycles. The highest BCUT2D eigenvalue weighted by Gasteiger charge is 2.55. The van der Waals surface area contributed by atoms with E-state index in [9.17, 15) is 14.7 Å². The second kappa shape index (κ2) is 8.51. The number of fused-ring (bicyclic) bond motifs is 1. The molecular formula is C30H31N3O3. The summed E-state index contributed by atoms with van der Waals surface area (Å²) in [6.07, 6.45) is 7.54. The first-order valence-electron chi connectivity index (χ1n) is 12.9. The summed E-state index contributed by atoms with van der Waals surface area (Å²) in [6.45, 7) is 3.92. The van der Waals surface area contributed by atoms with Crippen molar-refractivity contribution in [2.45, 2.75) is 70.4 Å². The number of amides is 1. The van der Waals surface area contributed by atoms with E-state index in [-0.39, 0.29) is 29.3 Å². The number of benzene rings is 2. The summed E-state index contributed by atoms with van der Waals surface area (Å²) in [7, 11) is 0. The van der Waals surface area contributed by atoms with Gasteiger partial charge in [-0.3, -0.25) is 14.3 Å².